The highest BCUT2D eigenvalue weighted by atomic mass is 32.2. The Labute approximate surface area is 189 Å². The molecule has 0 bridgehead atoms. The molecule has 9 heteroatoms. The summed E-state index contributed by atoms with van der Waals surface area (Å²) in [7, 11) is 1.57. The van der Waals surface area contributed by atoms with Crippen molar-refractivity contribution in [2.24, 2.45) is 0 Å². The lowest BCUT2D eigenvalue weighted by Crippen LogP contribution is -2.29. The van der Waals surface area contributed by atoms with E-state index in [2.05, 4.69) is 5.32 Å². The van der Waals surface area contributed by atoms with Crippen molar-refractivity contribution in [2.45, 2.75) is 12.8 Å². The monoisotopic (exact) mass is 456 g/mol. The number of hydrogen-bond acceptors (Lipinski definition) is 7. The highest BCUT2D eigenvalue weighted by Gasteiger charge is 2.31. The van der Waals surface area contributed by atoms with Crippen LogP contribution in [0.15, 0.2) is 47.4 Å². The maximum atomic E-state index is 12.8. The zero-order valence-electron chi connectivity index (χ0n) is 16.8. The molecule has 2 aromatic rings. The summed E-state index contributed by atoms with van der Waals surface area (Å²) in [5.74, 6) is 1.74. The molecule has 2 heterocycles. The third-order valence-corrected chi connectivity index (χ3v) is 6.08. The van der Waals surface area contributed by atoms with E-state index in [-0.39, 0.29) is 25.0 Å². The van der Waals surface area contributed by atoms with Gasteiger partial charge in [0.1, 0.15) is 10.1 Å². The van der Waals surface area contributed by atoms with Crippen LogP contribution in [0, 0.1) is 0 Å². The number of thioether (sulfide) groups is 1. The maximum Gasteiger partial charge on any atom is 0.266 e. The molecule has 2 aliphatic rings. The fraction of sp³-hybridized carbons (Fsp3) is 0.227. The summed E-state index contributed by atoms with van der Waals surface area (Å²) in [5, 5.41) is 2.83. The Balaban J connectivity index is 1.31. The molecule has 0 aromatic heterocycles. The number of nitrogens with zero attached hydrogens (tertiary/aromatic N) is 1. The normalized spacial score (nSPS) is 16.2. The van der Waals surface area contributed by atoms with Crippen molar-refractivity contribution < 1.29 is 23.8 Å². The number of fused-ring (bicyclic) bond motifs is 1. The second-order valence-electron chi connectivity index (χ2n) is 6.83. The average Bonchev–Trinajstić information content (AvgIpc) is 3.33. The summed E-state index contributed by atoms with van der Waals surface area (Å²) in [6.07, 6.45) is 2.56. The minimum Gasteiger partial charge on any atom is -0.497 e. The lowest BCUT2D eigenvalue weighted by atomic mass is 10.2. The average molecular weight is 457 g/mol. The molecule has 0 spiro atoms. The van der Waals surface area contributed by atoms with Crippen LogP contribution in [0.5, 0.6) is 17.2 Å². The molecule has 0 atom stereocenters. The van der Waals surface area contributed by atoms with Crippen LogP contribution in [0.3, 0.4) is 0 Å². The Bertz CT molecular complexity index is 1070. The van der Waals surface area contributed by atoms with Crippen molar-refractivity contribution in [3.8, 4) is 17.2 Å². The smallest absolute Gasteiger partial charge is 0.266 e. The molecule has 2 aliphatic heterocycles. The summed E-state index contributed by atoms with van der Waals surface area (Å²) < 4.78 is 16.3. The Morgan fingerprint density at radius 1 is 1.26 bits per heavy atom. The predicted molar refractivity (Wildman–Crippen MR) is 123 cm³/mol. The number of thiocarbonyl (C=S) groups is 1. The fourth-order valence-electron chi connectivity index (χ4n) is 3.17. The zero-order valence-corrected chi connectivity index (χ0v) is 18.4. The zero-order chi connectivity index (χ0) is 21.8. The molecule has 0 saturated carbocycles. The first kappa shape index (κ1) is 21.2. The van der Waals surface area contributed by atoms with Gasteiger partial charge in [0.25, 0.3) is 5.91 Å². The second kappa shape index (κ2) is 9.40. The molecule has 2 amide bonds. The van der Waals surface area contributed by atoms with E-state index in [1.165, 1.54) is 16.7 Å². The quantitative estimate of drug-likeness (QED) is 0.498. The number of anilines is 1. The summed E-state index contributed by atoms with van der Waals surface area (Å²) in [6, 6.07) is 12.7. The van der Waals surface area contributed by atoms with E-state index in [1.807, 2.05) is 24.3 Å². The van der Waals surface area contributed by atoms with Gasteiger partial charge in [-0.15, -0.1) is 0 Å². The van der Waals surface area contributed by atoms with E-state index in [0.29, 0.717) is 45.1 Å². The van der Waals surface area contributed by atoms with Crippen LogP contribution in [0.2, 0.25) is 0 Å². The van der Waals surface area contributed by atoms with Crippen LogP contribution < -0.4 is 19.5 Å². The van der Waals surface area contributed by atoms with Gasteiger partial charge < -0.3 is 19.5 Å². The number of carbonyl (C=O) groups is 2. The van der Waals surface area contributed by atoms with Crippen molar-refractivity contribution >= 4 is 51.9 Å². The second-order valence-corrected chi connectivity index (χ2v) is 8.51. The minimum atomic E-state index is -0.152. The van der Waals surface area contributed by atoms with Gasteiger partial charge in [-0.25, -0.2) is 0 Å². The number of ether oxygens (including phenoxy) is 3. The molecular weight excluding hydrogens is 436 g/mol. The number of nitrogens with one attached hydrogen (secondary N) is 1. The number of hydrogen-bond donors (Lipinski definition) is 1. The third-order valence-electron chi connectivity index (χ3n) is 4.71. The van der Waals surface area contributed by atoms with Crippen molar-refractivity contribution in [2.75, 3.05) is 25.8 Å². The van der Waals surface area contributed by atoms with Crippen LogP contribution in [-0.2, 0) is 9.59 Å². The van der Waals surface area contributed by atoms with Crippen molar-refractivity contribution in [1.82, 2.24) is 4.90 Å². The minimum absolute atomic E-state index is 0.130. The summed E-state index contributed by atoms with van der Waals surface area (Å²) in [4.78, 5) is 27.1. The molecule has 7 nitrogen and oxygen atoms in total. The largest absolute Gasteiger partial charge is 0.497 e. The van der Waals surface area contributed by atoms with Gasteiger partial charge in [-0.3, -0.25) is 14.5 Å². The van der Waals surface area contributed by atoms with Crippen LogP contribution in [0.4, 0.5) is 5.69 Å². The Kier molecular flexibility index (Phi) is 6.43. The standard InChI is InChI=1S/C22H20N2O5S2/c1-27-16-5-2-4-15(12-16)23-20(25)6-3-9-24-21(26)19(31-22(24)30)11-14-7-8-17-18(10-14)29-13-28-17/h2,4-5,7-8,10-12H,3,6,9,13H2,1H3,(H,23,25). The molecule has 1 N–H and O–H groups in total. The first-order valence-corrected chi connectivity index (χ1v) is 10.8. The molecule has 160 valence electrons. The molecule has 0 unspecified atom stereocenters. The van der Waals surface area contributed by atoms with Crippen LogP contribution in [0.1, 0.15) is 18.4 Å². The van der Waals surface area contributed by atoms with Gasteiger partial charge in [0.15, 0.2) is 11.5 Å². The fourth-order valence-corrected chi connectivity index (χ4v) is 4.48. The highest BCUT2D eigenvalue weighted by Crippen LogP contribution is 2.36. The predicted octanol–water partition coefficient (Wildman–Crippen LogP) is 4.04. The van der Waals surface area contributed by atoms with Gasteiger partial charge in [0, 0.05) is 24.7 Å². The topological polar surface area (TPSA) is 77.1 Å². The lowest BCUT2D eigenvalue weighted by molar-refractivity contribution is -0.122. The summed E-state index contributed by atoms with van der Waals surface area (Å²) >= 11 is 6.63. The summed E-state index contributed by atoms with van der Waals surface area (Å²) in [5.41, 5.74) is 1.50. The number of rotatable bonds is 7. The number of methoxy groups -OCH3 is 1. The van der Waals surface area contributed by atoms with E-state index in [1.54, 1.807) is 31.4 Å². The molecular formula is C22H20N2O5S2. The molecule has 0 aliphatic carbocycles. The van der Waals surface area contributed by atoms with Gasteiger partial charge in [-0.05, 0) is 42.3 Å². The van der Waals surface area contributed by atoms with E-state index < -0.39 is 0 Å². The molecule has 0 radical (unpaired) electrons. The molecule has 31 heavy (non-hydrogen) atoms. The van der Waals surface area contributed by atoms with Crippen LogP contribution in [-0.4, -0.2) is 41.5 Å². The Morgan fingerprint density at radius 2 is 2.10 bits per heavy atom. The molecule has 4 rings (SSSR count). The van der Waals surface area contributed by atoms with E-state index in [9.17, 15) is 9.59 Å². The van der Waals surface area contributed by atoms with Gasteiger partial charge >= 0.3 is 0 Å². The molecule has 1 fully saturated rings. The van der Waals surface area contributed by atoms with E-state index >= 15 is 0 Å². The van der Waals surface area contributed by atoms with E-state index in [4.69, 9.17) is 26.4 Å². The maximum absolute atomic E-state index is 12.8. The SMILES string of the molecule is COc1cccc(NC(=O)CCCN2C(=O)C(=Cc3ccc4c(c3)OCO4)SC2=S)c1. The van der Waals surface area contributed by atoms with Crippen molar-refractivity contribution in [3.05, 3.63) is 52.9 Å². The number of carbonyl (C=O) groups excluding carboxylic acids is 2. The van der Waals surface area contributed by atoms with Gasteiger partial charge in [0.2, 0.25) is 12.7 Å². The Hall–Kier alpha value is -3.04. The van der Waals surface area contributed by atoms with Crippen molar-refractivity contribution in [1.29, 1.82) is 0 Å². The van der Waals surface area contributed by atoms with Gasteiger partial charge in [-0.2, -0.15) is 0 Å². The Morgan fingerprint density at radius 3 is 2.94 bits per heavy atom. The lowest BCUT2D eigenvalue weighted by Gasteiger charge is -2.14. The highest BCUT2D eigenvalue weighted by molar-refractivity contribution is 8.26. The first-order valence-electron chi connectivity index (χ1n) is 9.62. The number of benzene rings is 2. The van der Waals surface area contributed by atoms with E-state index in [0.717, 1.165) is 5.56 Å². The third kappa shape index (κ3) is 5.00. The van der Waals surface area contributed by atoms with Crippen LogP contribution >= 0.6 is 24.0 Å². The molecule has 2 aromatic carbocycles. The van der Waals surface area contributed by atoms with Crippen molar-refractivity contribution in [3.63, 3.8) is 0 Å². The van der Waals surface area contributed by atoms with Gasteiger partial charge in [0.05, 0.1) is 12.0 Å². The van der Waals surface area contributed by atoms with Crippen LogP contribution in [0.25, 0.3) is 6.08 Å². The first-order chi connectivity index (χ1) is 15.0. The summed E-state index contributed by atoms with van der Waals surface area (Å²) in [6.45, 7) is 0.584. The molecule has 1 saturated heterocycles. The number of amides is 2. The van der Waals surface area contributed by atoms with Gasteiger partial charge in [-0.1, -0.05) is 36.1 Å².